The quantitative estimate of drug-likeness (QED) is 0.898. The lowest BCUT2D eigenvalue weighted by Gasteiger charge is -2.18. The molecule has 0 amide bonds. The first-order valence-electron chi connectivity index (χ1n) is 5.90. The molecule has 2 N–H and O–H groups in total. The van der Waals surface area contributed by atoms with Crippen LogP contribution in [0, 0.1) is 5.82 Å². The maximum absolute atomic E-state index is 13.5. The molecule has 0 radical (unpaired) electrons. The predicted molar refractivity (Wildman–Crippen MR) is 70.1 cm³/mol. The molecule has 94 valence electrons. The van der Waals surface area contributed by atoms with Gasteiger partial charge in [-0.25, -0.2) is 4.39 Å². The summed E-state index contributed by atoms with van der Waals surface area (Å²) < 4.78 is 18.4. The van der Waals surface area contributed by atoms with Crippen molar-refractivity contribution in [2.75, 3.05) is 12.9 Å². The third kappa shape index (κ3) is 3.13. The average Bonchev–Trinajstić information content (AvgIpc) is 2.82. The van der Waals surface area contributed by atoms with Crippen molar-refractivity contribution in [3.8, 4) is 5.75 Å². The van der Waals surface area contributed by atoms with Gasteiger partial charge in [-0.2, -0.15) is 11.8 Å². The number of thioether (sulfide) groups is 1. The van der Waals surface area contributed by atoms with Crippen LogP contribution in [-0.2, 0) is 6.42 Å². The predicted octanol–water partition coefficient (Wildman–Crippen LogP) is 2.60. The van der Waals surface area contributed by atoms with E-state index in [0.717, 1.165) is 12.0 Å². The van der Waals surface area contributed by atoms with Gasteiger partial charge in [0.1, 0.15) is 0 Å². The molecule has 2 nitrogen and oxygen atoms in total. The van der Waals surface area contributed by atoms with Crippen LogP contribution in [0.1, 0.15) is 18.4 Å². The Kier molecular flexibility index (Phi) is 4.29. The number of hydrogen-bond acceptors (Lipinski definition) is 3. The molecule has 0 saturated carbocycles. The molecule has 1 aromatic carbocycles. The van der Waals surface area contributed by atoms with E-state index >= 15 is 0 Å². The lowest BCUT2D eigenvalue weighted by Crippen LogP contribution is -2.33. The smallest absolute Gasteiger partial charge is 0.165 e. The summed E-state index contributed by atoms with van der Waals surface area (Å²) in [7, 11) is 1.47. The van der Waals surface area contributed by atoms with E-state index in [4.69, 9.17) is 10.5 Å². The van der Waals surface area contributed by atoms with Crippen LogP contribution in [0.25, 0.3) is 0 Å². The van der Waals surface area contributed by atoms with Gasteiger partial charge in [0.05, 0.1) is 7.11 Å². The molecule has 1 heterocycles. The normalized spacial score (nSPS) is 21.5. The van der Waals surface area contributed by atoms with E-state index < -0.39 is 0 Å². The molecular formula is C13H18FNOS. The van der Waals surface area contributed by atoms with Crippen LogP contribution >= 0.6 is 11.8 Å². The second-order valence-electron chi connectivity index (χ2n) is 4.39. The molecule has 1 fully saturated rings. The fraction of sp³-hybridized carbons (Fsp3) is 0.538. The average molecular weight is 255 g/mol. The number of halogens is 1. The Morgan fingerprint density at radius 1 is 1.59 bits per heavy atom. The summed E-state index contributed by atoms with van der Waals surface area (Å²) in [5.74, 6) is 1.18. The van der Waals surface area contributed by atoms with Gasteiger partial charge < -0.3 is 10.5 Å². The van der Waals surface area contributed by atoms with Crippen molar-refractivity contribution in [2.45, 2.75) is 30.6 Å². The minimum absolute atomic E-state index is 0.121. The Morgan fingerprint density at radius 3 is 3.00 bits per heavy atom. The first-order valence-corrected chi connectivity index (χ1v) is 6.95. The Labute approximate surface area is 106 Å². The molecular weight excluding hydrogens is 237 g/mol. The van der Waals surface area contributed by atoms with E-state index in [1.165, 1.54) is 31.8 Å². The molecule has 1 saturated heterocycles. The topological polar surface area (TPSA) is 35.2 Å². The third-order valence-electron chi connectivity index (χ3n) is 3.13. The highest BCUT2D eigenvalue weighted by Crippen LogP contribution is 2.29. The molecule has 0 bridgehead atoms. The van der Waals surface area contributed by atoms with Gasteiger partial charge in [-0.1, -0.05) is 6.07 Å². The molecule has 2 rings (SSSR count). The SMILES string of the molecule is COc1ccc(CC(N)C2CCCS2)cc1F. The van der Waals surface area contributed by atoms with Crippen molar-refractivity contribution >= 4 is 11.8 Å². The highest BCUT2D eigenvalue weighted by molar-refractivity contribution is 8.00. The summed E-state index contributed by atoms with van der Waals surface area (Å²) in [6.45, 7) is 0. The minimum atomic E-state index is -0.309. The minimum Gasteiger partial charge on any atom is -0.494 e. The van der Waals surface area contributed by atoms with E-state index in [1.54, 1.807) is 6.07 Å². The lowest BCUT2D eigenvalue weighted by molar-refractivity contribution is 0.386. The second-order valence-corrected chi connectivity index (χ2v) is 5.74. The van der Waals surface area contributed by atoms with Gasteiger partial charge in [-0.05, 0) is 42.7 Å². The van der Waals surface area contributed by atoms with Crippen molar-refractivity contribution in [1.82, 2.24) is 0 Å². The molecule has 2 atom stereocenters. The molecule has 4 heteroatoms. The van der Waals surface area contributed by atoms with Gasteiger partial charge in [-0.3, -0.25) is 0 Å². The molecule has 1 aliphatic heterocycles. The largest absolute Gasteiger partial charge is 0.494 e. The fourth-order valence-corrected chi connectivity index (χ4v) is 3.49. The van der Waals surface area contributed by atoms with E-state index in [-0.39, 0.29) is 17.6 Å². The van der Waals surface area contributed by atoms with Crippen molar-refractivity contribution < 1.29 is 9.13 Å². The van der Waals surface area contributed by atoms with Crippen molar-refractivity contribution in [3.05, 3.63) is 29.6 Å². The Bertz CT molecular complexity index is 380. The number of ether oxygens (including phenoxy) is 1. The van der Waals surface area contributed by atoms with Crippen LogP contribution in [0.3, 0.4) is 0 Å². The number of rotatable bonds is 4. The molecule has 0 aliphatic carbocycles. The first-order chi connectivity index (χ1) is 8.20. The van der Waals surface area contributed by atoms with Gasteiger partial charge >= 0.3 is 0 Å². The summed E-state index contributed by atoms with van der Waals surface area (Å²) in [5, 5.41) is 0.528. The first kappa shape index (κ1) is 12.7. The molecule has 17 heavy (non-hydrogen) atoms. The fourth-order valence-electron chi connectivity index (χ4n) is 2.18. The monoisotopic (exact) mass is 255 g/mol. The standard InChI is InChI=1S/C13H18FNOS/c1-16-12-5-4-9(7-10(12)14)8-11(15)13-3-2-6-17-13/h4-5,7,11,13H,2-3,6,8,15H2,1H3. The number of hydrogen-bond donors (Lipinski definition) is 1. The highest BCUT2D eigenvalue weighted by Gasteiger charge is 2.22. The van der Waals surface area contributed by atoms with Crippen LogP contribution in [0.15, 0.2) is 18.2 Å². The molecule has 1 aliphatic rings. The number of nitrogens with two attached hydrogens (primary N) is 1. The highest BCUT2D eigenvalue weighted by atomic mass is 32.2. The molecule has 2 unspecified atom stereocenters. The third-order valence-corrected chi connectivity index (χ3v) is 4.67. The van der Waals surface area contributed by atoms with Crippen molar-refractivity contribution in [1.29, 1.82) is 0 Å². The Morgan fingerprint density at radius 2 is 2.41 bits per heavy atom. The van der Waals surface area contributed by atoms with E-state index in [2.05, 4.69) is 0 Å². The maximum Gasteiger partial charge on any atom is 0.165 e. The maximum atomic E-state index is 13.5. The lowest BCUT2D eigenvalue weighted by atomic mass is 10.0. The summed E-state index contributed by atoms with van der Waals surface area (Å²) in [6, 6.07) is 5.20. The van der Waals surface area contributed by atoms with Gasteiger partial charge in [0.15, 0.2) is 11.6 Å². The van der Waals surface area contributed by atoms with Crippen molar-refractivity contribution in [2.24, 2.45) is 5.73 Å². The van der Waals surface area contributed by atoms with Gasteiger partial charge in [0.25, 0.3) is 0 Å². The van der Waals surface area contributed by atoms with Gasteiger partial charge in [0, 0.05) is 11.3 Å². The van der Waals surface area contributed by atoms with E-state index in [9.17, 15) is 4.39 Å². The molecule has 0 spiro atoms. The van der Waals surface area contributed by atoms with Gasteiger partial charge in [0.2, 0.25) is 0 Å². The van der Waals surface area contributed by atoms with E-state index in [0.29, 0.717) is 5.25 Å². The van der Waals surface area contributed by atoms with Crippen molar-refractivity contribution in [3.63, 3.8) is 0 Å². The van der Waals surface area contributed by atoms with Crippen LogP contribution in [0.2, 0.25) is 0 Å². The van der Waals surface area contributed by atoms with Crippen LogP contribution < -0.4 is 10.5 Å². The molecule has 0 aromatic heterocycles. The second kappa shape index (κ2) is 5.74. The Balaban J connectivity index is 2.00. The number of methoxy groups -OCH3 is 1. The zero-order valence-corrected chi connectivity index (χ0v) is 10.8. The van der Waals surface area contributed by atoms with Crippen LogP contribution in [-0.4, -0.2) is 24.2 Å². The zero-order valence-electron chi connectivity index (χ0n) is 9.99. The molecule has 1 aromatic rings. The zero-order chi connectivity index (χ0) is 12.3. The summed E-state index contributed by atoms with van der Waals surface area (Å²) >= 11 is 1.94. The number of benzene rings is 1. The van der Waals surface area contributed by atoms with Gasteiger partial charge in [-0.15, -0.1) is 0 Å². The summed E-state index contributed by atoms with van der Waals surface area (Å²) in [6.07, 6.45) is 3.17. The van der Waals surface area contributed by atoms with Crippen LogP contribution in [0.5, 0.6) is 5.75 Å². The van der Waals surface area contributed by atoms with Crippen LogP contribution in [0.4, 0.5) is 4.39 Å². The Hall–Kier alpha value is -0.740. The summed E-state index contributed by atoms with van der Waals surface area (Å²) in [5.41, 5.74) is 7.10. The summed E-state index contributed by atoms with van der Waals surface area (Å²) in [4.78, 5) is 0. The van der Waals surface area contributed by atoms with E-state index in [1.807, 2.05) is 17.8 Å².